The molecule has 1 aliphatic heterocycles. The van der Waals surface area contributed by atoms with Gasteiger partial charge in [-0.05, 0) is 32.2 Å². The fourth-order valence-corrected chi connectivity index (χ4v) is 2.99. The zero-order valence-corrected chi connectivity index (χ0v) is 13.1. The Morgan fingerprint density at radius 2 is 1.90 bits per heavy atom. The molecule has 1 heterocycles. The summed E-state index contributed by atoms with van der Waals surface area (Å²) < 4.78 is 11.0. The van der Waals surface area contributed by atoms with Crippen LogP contribution in [0.15, 0.2) is 0 Å². The quantitative estimate of drug-likeness (QED) is 0.691. The van der Waals surface area contributed by atoms with Crippen LogP contribution in [0, 0.1) is 0 Å². The Balaban J connectivity index is 1.41. The monoisotopic (exact) mass is 298 g/mol. The first kappa shape index (κ1) is 16.7. The Morgan fingerprint density at radius 1 is 1.14 bits per heavy atom. The SMILES string of the molecule is O=C(COC1CCCCC1)NCCCCN1CCOCC1. The lowest BCUT2D eigenvalue weighted by molar-refractivity contribution is -0.128. The second-order valence-corrected chi connectivity index (χ2v) is 6.08. The molecule has 5 nitrogen and oxygen atoms in total. The molecule has 1 amide bonds. The van der Waals surface area contributed by atoms with Crippen LogP contribution in [0.4, 0.5) is 0 Å². The number of carbonyl (C=O) groups is 1. The number of hydrogen-bond acceptors (Lipinski definition) is 4. The zero-order chi connectivity index (χ0) is 14.8. The Hall–Kier alpha value is -0.650. The Kier molecular flexibility index (Phi) is 8.07. The molecule has 5 heteroatoms. The van der Waals surface area contributed by atoms with Crippen LogP contribution in [-0.2, 0) is 14.3 Å². The van der Waals surface area contributed by atoms with Crippen molar-refractivity contribution in [1.82, 2.24) is 10.2 Å². The summed E-state index contributed by atoms with van der Waals surface area (Å²) in [6.45, 7) is 5.90. The number of hydrogen-bond donors (Lipinski definition) is 1. The minimum atomic E-state index is 0.0342. The smallest absolute Gasteiger partial charge is 0.246 e. The summed E-state index contributed by atoms with van der Waals surface area (Å²) in [6.07, 6.45) is 8.51. The zero-order valence-electron chi connectivity index (χ0n) is 13.1. The largest absolute Gasteiger partial charge is 0.379 e. The molecule has 2 aliphatic rings. The van der Waals surface area contributed by atoms with Crippen LogP contribution in [0.25, 0.3) is 0 Å². The molecule has 0 radical (unpaired) electrons. The third-order valence-corrected chi connectivity index (χ3v) is 4.33. The van der Waals surface area contributed by atoms with Crippen molar-refractivity contribution in [3.63, 3.8) is 0 Å². The van der Waals surface area contributed by atoms with Crippen LogP contribution >= 0.6 is 0 Å². The molecule has 2 fully saturated rings. The van der Waals surface area contributed by atoms with Gasteiger partial charge in [-0.15, -0.1) is 0 Å². The van der Waals surface area contributed by atoms with Gasteiger partial charge in [0.1, 0.15) is 6.61 Å². The van der Waals surface area contributed by atoms with Crippen LogP contribution < -0.4 is 5.32 Å². The summed E-state index contributed by atoms with van der Waals surface area (Å²) in [5.41, 5.74) is 0. The third-order valence-electron chi connectivity index (χ3n) is 4.33. The Bertz CT molecular complexity index is 287. The van der Waals surface area contributed by atoms with E-state index in [1.807, 2.05) is 0 Å². The van der Waals surface area contributed by atoms with Crippen molar-refractivity contribution in [2.75, 3.05) is 46.0 Å². The van der Waals surface area contributed by atoms with Crippen LogP contribution in [-0.4, -0.2) is 62.9 Å². The molecule has 21 heavy (non-hydrogen) atoms. The van der Waals surface area contributed by atoms with Gasteiger partial charge in [-0.25, -0.2) is 0 Å². The van der Waals surface area contributed by atoms with Gasteiger partial charge in [-0.1, -0.05) is 19.3 Å². The summed E-state index contributed by atoms with van der Waals surface area (Å²) in [7, 11) is 0. The van der Waals surface area contributed by atoms with Gasteiger partial charge in [0.15, 0.2) is 0 Å². The van der Waals surface area contributed by atoms with Crippen LogP contribution in [0.2, 0.25) is 0 Å². The maximum atomic E-state index is 11.7. The van der Waals surface area contributed by atoms with Gasteiger partial charge >= 0.3 is 0 Å². The molecule has 0 atom stereocenters. The van der Waals surface area contributed by atoms with Gasteiger partial charge < -0.3 is 14.8 Å². The number of rotatable bonds is 8. The Labute approximate surface area is 128 Å². The van der Waals surface area contributed by atoms with E-state index in [9.17, 15) is 4.79 Å². The molecule has 0 unspecified atom stereocenters. The number of amides is 1. The molecule has 1 saturated carbocycles. The van der Waals surface area contributed by atoms with Crippen molar-refractivity contribution < 1.29 is 14.3 Å². The lowest BCUT2D eigenvalue weighted by atomic mass is 9.98. The van der Waals surface area contributed by atoms with Crippen molar-refractivity contribution in [3.05, 3.63) is 0 Å². The average molecular weight is 298 g/mol. The minimum Gasteiger partial charge on any atom is -0.379 e. The maximum Gasteiger partial charge on any atom is 0.246 e. The average Bonchev–Trinajstić information content (AvgIpc) is 2.54. The number of ether oxygens (including phenoxy) is 2. The highest BCUT2D eigenvalue weighted by molar-refractivity contribution is 5.77. The van der Waals surface area contributed by atoms with Crippen molar-refractivity contribution >= 4 is 5.91 Å². The molecule has 0 bridgehead atoms. The van der Waals surface area contributed by atoms with Gasteiger partial charge in [0.2, 0.25) is 5.91 Å². The molecule has 2 rings (SSSR count). The minimum absolute atomic E-state index is 0.0342. The van der Waals surface area contributed by atoms with Crippen molar-refractivity contribution in [1.29, 1.82) is 0 Å². The number of unbranched alkanes of at least 4 members (excludes halogenated alkanes) is 1. The highest BCUT2D eigenvalue weighted by Gasteiger charge is 2.15. The van der Waals surface area contributed by atoms with Gasteiger partial charge in [0.25, 0.3) is 0 Å². The summed E-state index contributed by atoms with van der Waals surface area (Å²) in [4.78, 5) is 14.1. The highest BCUT2D eigenvalue weighted by Crippen LogP contribution is 2.19. The lowest BCUT2D eigenvalue weighted by Gasteiger charge is -2.26. The lowest BCUT2D eigenvalue weighted by Crippen LogP contribution is -2.37. The summed E-state index contributed by atoms with van der Waals surface area (Å²) in [5, 5.41) is 2.95. The fourth-order valence-electron chi connectivity index (χ4n) is 2.99. The van der Waals surface area contributed by atoms with Gasteiger partial charge in [-0.2, -0.15) is 0 Å². The summed E-state index contributed by atoms with van der Waals surface area (Å²) in [6, 6.07) is 0. The topological polar surface area (TPSA) is 50.8 Å². The van der Waals surface area contributed by atoms with E-state index in [-0.39, 0.29) is 12.5 Å². The number of nitrogens with zero attached hydrogens (tertiary/aromatic N) is 1. The van der Waals surface area contributed by atoms with Gasteiger partial charge in [0.05, 0.1) is 19.3 Å². The third kappa shape index (κ3) is 7.25. The predicted octanol–water partition coefficient (Wildman–Crippen LogP) is 1.56. The molecule has 0 aromatic carbocycles. The number of carbonyl (C=O) groups excluding carboxylic acids is 1. The van der Waals surface area contributed by atoms with E-state index in [1.54, 1.807) is 0 Å². The molecule has 122 valence electrons. The fraction of sp³-hybridized carbons (Fsp3) is 0.938. The van der Waals surface area contributed by atoms with E-state index >= 15 is 0 Å². The van der Waals surface area contributed by atoms with E-state index in [2.05, 4.69) is 10.2 Å². The molecule has 1 saturated heterocycles. The van der Waals surface area contributed by atoms with Crippen LogP contribution in [0.1, 0.15) is 44.9 Å². The standard InChI is InChI=1S/C16H30N2O3/c19-16(14-21-15-6-2-1-3-7-15)17-8-4-5-9-18-10-12-20-13-11-18/h15H,1-14H2,(H,17,19). The summed E-state index contributed by atoms with van der Waals surface area (Å²) >= 11 is 0. The second-order valence-electron chi connectivity index (χ2n) is 6.08. The van der Waals surface area contributed by atoms with E-state index in [0.717, 1.165) is 65.1 Å². The van der Waals surface area contributed by atoms with Crippen LogP contribution in [0.5, 0.6) is 0 Å². The first-order valence-corrected chi connectivity index (χ1v) is 8.53. The molecule has 0 aromatic rings. The van der Waals surface area contributed by atoms with E-state index < -0.39 is 0 Å². The van der Waals surface area contributed by atoms with Crippen molar-refractivity contribution in [3.8, 4) is 0 Å². The number of morpholine rings is 1. The van der Waals surface area contributed by atoms with Gasteiger partial charge in [-0.3, -0.25) is 9.69 Å². The predicted molar refractivity (Wildman–Crippen MR) is 82.3 cm³/mol. The first-order valence-electron chi connectivity index (χ1n) is 8.53. The molecule has 1 N–H and O–H groups in total. The molecule has 0 spiro atoms. The molecular formula is C16H30N2O3. The van der Waals surface area contributed by atoms with Crippen molar-refractivity contribution in [2.45, 2.75) is 51.0 Å². The number of nitrogens with one attached hydrogen (secondary N) is 1. The molecule has 1 aliphatic carbocycles. The summed E-state index contributed by atoms with van der Waals surface area (Å²) in [5.74, 6) is 0.0342. The Morgan fingerprint density at radius 3 is 2.67 bits per heavy atom. The van der Waals surface area contributed by atoms with E-state index in [0.29, 0.717) is 6.10 Å². The molecule has 0 aromatic heterocycles. The second kappa shape index (κ2) is 10.1. The van der Waals surface area contributed by atoms with Crippen LogP contribution in [0.3, 0.4) is 0 Å². The maximum absolute atomic E-state index is 11.7. The van der Waals surface area contributed by atoms with Crippen molar-refractivity contribution in [2.24, 2.45) is 0 Å². The normalized spacial score (nSPS) is 21.3. The first-order chi connectivity index (χ1) is 10.3. The van der Waals surface area contributed by atoms with E-state index in [4.69, 9.17) is 9.47 Å². The van der Waals surface area contributed by atoms with E-state index in [1.165, 1.54) is 19.3 Å². The van der Waals surface area contributed by atoms with Gasteiger partial charge in [0, 0.05) is 19.6 Å². The molecular weight excluding hydrogens is 268 g/mol. The highest BCUT2D eigenvalue weighted by atomic mass is 16.5.